The van der Waals surface area contributed by atoms with Gasteiger partial charge in [-0.3, -0.25) is 14.9 Å². The van der Waals surface area contributed by atoms with E-state index in [1.807, 2.05) is 31.1 Å². The zero-order valence-corrected chi connectivity index (χ0v) is 15.1. The van der Waals surface area contributed by atoms with E-state index < -0.39 is 29.1 Å². The number of nitro benzene ring substituents is 1. The van der Waals surface area contributed by atoms with E-state index in [9.17, 15) is 19.7 Å². The van der Waals surface area contributed by atoms with E-state index in [-0.39, 0.29) is 11.3 Å². The summed E-state index contributed by atoms with van der Waals surface area (Å²) in [5, 5.41) is 13.8. The van der Waals surface area contributed by atoms with Crippen LogP contribution in [0.15, 0.2) is 42.5 Å². The van der Waals surface area contributed by atoms with Crippen molar-refractivity contribution in [1.29, 1.82) is 0 Å². The van der Waals surface area contributed by atoms with Crippen molar-refractivity contribution in [3.63, 3.8) is 0 Å². The molecule has 142 valence electrons. The molecule has 0 fully saturated rings. The molecule has 0 aliphatic heterocycles. The first-order chi connectivity index (χ1) is 12.8. The first-order valence-electron chi connectivity index (χ1n) is 7.88. The van der Waals surface area contributed by atoms with Gasteiger partial charge in [0.15, 0.2) is 12.4 Å². The molecular formula is C18H19N3O6. The number of hydrogen-bond donors (Lipinski definition) is 1. The topological polar surface area (TPSA) is 111 Å². The normalized spacial score (nSPS) is 10.0. The second kappa shape index (κ2) is 8.65. The van der Waals surface area contributed by atoms with E-state index in [1.54, 1.807) is 12.1 Å². The first-order valence-corrected chi connectivity index (χ1v) is 7.88. The molecule has 0 saturated carbocycles. The Morgan fingerprint density at radius 2 is 1.81 bits per heavy atom. The number of amides is 1. The van der Waals surface area contributed by atoms with Crippen LogP contribution in [0.1, 0.15) is 10.4 Å². The van der Waals surface area contributed by atoms with Gasteiger partial charge >= 0.3 is 11.7 Å². The molecule has 0 aliphatic carbocycles. The summed E-state index contributed by atoms with van der Waals surface area (Å²) in [6.07, 6.45) is 0. The molecule has 2 aromatic carbocycles. The summed E-state index contributed by atoms with van der Waals surface area (Å²) in [7, 11) is 4.98. The largest absolute Gasteiger partial charge is 0.477 e. The monoisotopic (exact) mass is 373 g/mol. The number of ether oxygens (including phenoxy) is 2. The fraction of sp³-hybridized carbons (Fsp3) is 0.222. The highest BCUT2D eigenvalue weighted by Crippen LogP contribution is 2.28. The minimum atomic E-state index is -0.705. The van der Waals surface area contributed by atoms with Gasteiger partial charge < -0.3 is 19.7 Å². The number of nitro groups is 1. The van der Waals surface area contributed by atoms with Crippen molar-refractivity contribution in [3.05, 3.63) is 58.1 Å². The van der Waals surface area contributed by atoms with Crippen molar-refractivity contribution in [2.45, 2.75) is 0 Å². The summed E-state index contributed by atoms with van der Waals surface area (Å²) in [6.45, 7) is -0.423. The third-order valence-electron chi connectivity index (χ3n) is 3.60. The molecule has 0 unspecified atom stereocenters. The Morgan fingerprint density at radius 3 is 2.37 bits per heavy atom. The Morgan fingerprint density at radius 1 is 1.15 bits per heavy atom. The van der Waals surface area contributed by atoms with Crippen LogP contribution in [0.5, 0.6) is 5.75 Å². The van der Waals surface area contributed by atoms with Crippen LogP contribution in [-0.2, 0) is 9.53 Å². The number of benzene rings is 2. The van der Waals surface area contributed by atoms with Gasteiger partial charge in [0.05, 0.1) is 17.6 Å². The Kier molecular flexibility index (Phi) is 6.32. The fourth-order valence-corrected chi connectivity index (χ4v) is 2.21. The minimum Gasteiger partial charge on any atom is -0.477 e. The Labute approximate surface area is 155 Å². The number of nitrogens with one attached hydrogen (secondary N) is 1. The van der Waals surface area contributed by atoms with Crippen molar-refractivity contribution in [1.82, 2.24) is 0 Å². The summed E-state index contributed by atoms with van der Waals surface area (Å²) in [5.41, 5.74) is 1.14. The maximum absolute atomic E-state index is 12.0. The standard InChI is InChI=1S/C18H19N3O6/c1-20(2)14-7-5-13(6-8-14)19-17(22)11-27-16-9-4-12(18(23)26-3)10-15(16)21(24)25/h4-10H,11H2,1-3H3,(H,19,22). The molecule has 0 atom stereocenters. The summed E-state index contributed by atoms with van der Waals surface area (Å²) >= 11 is 0. The van der Waals surface area contributed by atoms with Crippen molar-refractivity contribution in [2.24, 2.45) is 0 Å². The SMILES string of the molecule is COC(=O)c1ccc(OCC(=O)Nc2ccc(N(C)C)cc2)c([N+](=O)[O-])c1. The second-order valence-electron chi connectivity index (χ2n) is 5.71. The van der Waals surface area contributed by atoms with Crippen molar-refractivity contribution < 1.29 is 24.0 Å². The van der Waals surface area contributed by atoms with Gasteiger partial charge in [0.2, 0.25) is 0 Å². The Balaban J connectivity index is 2.03. The fourth-order valence-electron chi connectivity index (χ4n) is 2.21. The van der Waals surface area contributed by atoms with Crippen molar-refractivity contribution in [2.75, 3.05) is 38.0 Å². The number of carbonyl (C=O) groups is 2. The van der Waals surface area contributed by atoms with Crippen LogP contribution in [0.2, 0.25) is 0 Å². The number of nitrogens with zero attached hydrogens (tertiary/aromatic N) is 2. The lowest BCUT2D eigenvalue weighted by molar-refractivity contribution is -0.385. The predicted molar refractivity (Wildman–Crippen MR) is 99.3 cm³/mol. The van der Waals surface area contributed by atoms with E-state index >= 15 is 0 Å². The third kappa shape index (κ3) is 5.18. The summed E-state index contributed by atoms with van der Waals surface area (Å²) in [6, 6.07) is 10.8. The molecule has 9 heteroatoms. The maximum atomic E-state index is 12.0. The van der Waals surface area contributed by atoms with Crippen LogP contribution in [0.25, 0.3) is 0 Å². The van der Waals surface area contributed by atoms with Gasteiger partial charge in [0.25, 0.3) is 5.91 Å². The average molecular weight is 373 g/mol. The van der Waals surface area contributed by atoms with Crippen LogP contribution >= 0.6 is 0 Å². The molecule has 0 saturated heterocycles. The van der Waals surface area contributed by atoms with Gasteiger partial charge in [-0.1, -0.05) is 0 Å². The number of hydrogen-bond acceptors (Lipinski definition) is 7. The third-order valence-corrected chi connectivity index (χ3v) is 3.60. The van der Waals surface area contributed by atoms with Crippen LogP contribution in [0.3, 0.4) is 0 Å². The smallest absolute Gasteiger partial charge is 0.338 e. The Bertz CT molecular complexity index is 849. The van der Waals surface area contributed by atoms with E-state index in [1.165, 1.54) is 19.2 Å². The molecule has 0 aromatic heterocycles. The molecule has 2 aromatic rings. The quantitative estimate of drug-likeness (QED) is 0.451. The van der Waals surface area contributed by atoms with Crippen LogP contribution in [0.4, 0.5) is 17.1 Å². The number of carbonyl (C=O) groups excluding carboxylic acids is 2. The molecule has 2 rings (SSSR count). The molecule has 27 heavy (non-hydrogen) atoms. The Hall–Kier alpha value is -3.62. The first kappa shape index (κ1) is 19.7. The molecule has 9 nitrogen and oxygen atoms in total. The molecule has 0 spiro atoms. The van der Waals surface area contributed by atoms with Gasteiger partial charge in [-0.25, -0.2) is 4.79 Å². The molecule has 0 radical (unpaired) electrons. The number of methoxy groups -OCH3 is 1. The lowest BCUT2D eigenvalue weighted by atomic mass is 10.2. The van der Waals surface area contributed by atoms with Gasteiger partial charge in [-0.05, 0) is 36.4 Å². The lowest BCUT2D eigenvalue weighted by Crippen LogP contribution is -2.20. The predicted octanol–water partition coefficient (Wildman–Crippen LogP) is 2.46. The number of rotatable bonds is 7. The highest BCUT2D eigenvalue weighted by molar-refractivity contribution is 5.92. The van der Waals surface area contributed by atoms with Gasteiger partial charge in [-0.15, -0.1) is 0 Å². The molecule has 0 aliphatic rings. The van der Waals surface area contributed by atoms with Gasteiger partial charge in [-0.2, -0.15) is 0 Å². The molecule has 1 N–H and O–H groups in total. The van der Waals surface area contributed by atoms with Gasteiger partial charge in [0, 0.05) is 31.5 Å². The number of esters is 1. The summed E-state index contributed by atoms with van der Waals surface area (Å²) < 4.78 is 9.78. The van der Waals surface area contributed by atoms with E-state index in [2.05, 4.69) is 10.1 Å². The van der Waals surface area contributed by atoms with E-state index in [4.69, 9.17) is 4.74 Å². The van der Waals surface area contributed by atoms with E-state index in [0.717, 1.165) is 11.8 Å². The average Bonchev–Trinajstić information content (AvgIpc) is 2.65. The highest BCUT2D eigenvalue weighted by atomic mass is 16.6. The summed E-state index contributed by atoms with van der Waals surface area (Å²) in [4.78, 5) is 35.9. The molecule has 1 amide bonds. The highest BCUT2D eigenvalue weighted by Gasteiger charge is 2.20. The van der Waals surface area contributed by atoms with E-state index in [0.29, 0.717) is 5.69 Å². The molecule has 0 heterocycles. The van der Waals surface area contributed by atoms with Gasteiger partial charge in [0.1, 0.15) is 0 Å². The van der Waals surface area contributed by atoms with Crippen LogP contribution in [-0.4, -0.2) is 44.6 Å². The summed E-state index contributed by atoms with van der Waals surface area (Å²) in [5.74, 6) is -1.30. The maximum Gasteiger partial charge on any atom is 0.338 e. The molecular weight excluding hydrogens is 354 g/mol. The zero-order chi connectivity index (χ0) is 20.0. The van der Waals surface area contributed by atoms with Crippen LogP contribution < -0.4 is 15.0 Å². The van der Waals surface area contributed by atoms with Crippen molar-refractivity contribution in [3.8, 4) is 5.75 Å². The van der Waals surface area contributed by atoms with Crippen molar-refractivity contribution >= 4 is 28.9 Å². The zero-order valence-electron chi connectivity index (χ0n) is 15.1. The lowest BCUT2D eigenvalue weighted by Gasteiger charge is -2.13. The second-order valence-corrected chi connectivity index (χ2v) is 5.71. The minimum absolute atomic E-state index is 0.0157. The molecule has 0 bridgehead atoms. The van der Waals surface area contributed by atoms with Crippen LogP contribution in [0, 0.1) is 10.1 Å². The number of anilines is 2.